The van der Waals surface area contributed by atoms with Crippen LogP contribution in [0, 0.1) is 5.92 Å². The van der Waals surface area contributed by atoms with Crippen molar-refractivity contribution in [2.75, 3.05) is 26.8 Å². The number of carboxylic acids is 1. The highest BCUT2D eigenvalue weighted by Crippen LogP contribution is 2.18. The zero-order valence-corrected chi connectivity index (χ0v) is 10.9. The summed E-state index contributed by atoms with van der Waals surface area (Å²) >= 11 is 0. The average molecular weight is 274 g/mol. The van der Waals surface area contributed by atoms with Crippen LogP contribution in [0.25, 0.3) is 0 Å². The topological polar surface area (TPSA) is 105 Å². The van der Waals surface area contributed by atoms with Crippen LogP contribution in [0.15, 0.2) is 0 Å². The summed E-state index contributed by atoms with van der Waals surface area (Å²) in [5, 5.41) is 11.6. The molecule has 0 aromatic carbocycles. The molecule has 0 aromatic rings. The van der Waals surface area contributed by atoms with E-state index in [9.17, 15) is 14.4 Å². The van der Waals surface area contributed by atoms with Gasteiger partial charge in [-0.15, -0.1) is 0 Å². The number of rotatable bonds is 3. The van der Waals surface area contributed by atoms with Crippen molar-refractivity contribution in [3.8, 4) is 0 Å². The van der Waals surface area contributed by atoms with Gasteiger partial charge in [0.1, 0.15) is 0 Å². The molecular formula is C11H18N2O6. The predicted octanol–water partition coefficient (Wildman–Crippen LogP) is 0.274. The van der Waals surface area contributed by atoms with Crippen molar-refractivity contribution < 1.29 is 29.0 Å². The summed E-state index contributed by atoms with van der Waals surface area (Å²) < 4.78 is 9.30. The minimum atomic E-state index is -1.01. The lowest BCUT2D eigenvalue weighted by Crippen LogP contribution is -2.54. The third-order valence-corrected chi connectivity index (χ3v) is 2.83. The maximum atomic E-state index is 11.5. The molecule has 1 heterocycles. The van der Waals surface area contributed by atoms with E-state index in [4.69, 9.17) is 9.84 Å². The smallest absolute Gasteiger partial charge is 0.409 e. The minimum absolute atomic E-state index is 0.0724. The molecule has 2 atom stereocenters. The van der Waals surface area contributed by atoms with Gasteiger partial charge in [-0.05, 0) is 13.3 Å². The number of hydrogen-bond acceptors (Lipinski definition) is 5. The number of nitrogens with zero attached hydrogens (tertiary/aromatic N) is 1. The summed E-state index contributed by atoms with van der Waals surface area (Å²) in [6.45, 7) is 2.17. The zero-order chi connectivity index (χ0) is 14.4. The second kappa shape index (κ2) is 6.81. The number of amides is 2. The molecule has 2 N–H and O–H groups in total. The molecule has 0 aliphatic carbocycles. The number of piperidine rings is 1. The van der Waals surface area contributed by atoms with E-state index in [0.29, 0.717) is 0 Å². The van der Waals surface area contributed by atoms with Gasteiger partial charge >= 0.3 is 18.2 Å². The molecule has 1 aliphatic rings. The van der Waals surface area contributed by atoms with Gasteiger partial charge in [0.2, 0.25) is 0 Å². The van der Waals surface area contributed by atoms with Crippen molar-refractivity contribution in [3.05, 3.63) is 0 Å². The van der Waals surface area contributed by atoms with Crippen molar-refractivity contribution in [1.82, 2.24) is 10.2 Å². The van der Waals surface area contributed by atoms with Gasteiger partial charge in [-0.3, -0.25) is 4.79 Å². The van der Waals surface area contributed by atoms with Crippen molar-refractivity contribution >= 4 is 18.2 Å². The third kappa shape index (κ3) is 4.31. The number of methoxy groups -OCH3 is 1. The molecule has 2 unspecified atom stereocenters. The molecule has 0 saturated carbocycles. The number of nitrogens with one attached hydrogen (secondary N) is 1. The number of likely N-dealkylation sites (tertiary alicyclic amines) is 1. The van der Waals surface area contributed by atoms with Gasteiger partial charge in [0.25, 0.3) is 0 Å². The van der Waals surface area contributed by atoms with Crippen molar-refractivity contribution in [2.24, 2.45) is 5.92 Å². The quantitative estimate of drug-likeness (QED) is 0.765. The molecule has 1 aliphatic heterocycles. The lowest BCUT2D eigenvalue weighted by molar-refractivity contribution is -0.143. The molecule has 1 fully saturated rings. The first kappa shape index (κ1) is 15.1. The number of aliphatic carboxylic acids is 1. The average Bonchev–Trinajstić information content (AvgIpc) is 2.37. The Balaban J connectivity index is 2.67. The van der Waals surface area contributed by atoms with Crippen LogP contribution >= 0.6 is 0 Å². The van der Waals surface area contributed by atoms with Crippen LogP contribution in [-0.2, 0) is 14.3 Å². The Morgan fingerprint density at radius 3 is 2.58 bits per heavy atom. The molecule has 2 amide bonds. The van der Waals surface area contributed by atoms with E-state index in [0.717, 1.165) is 0 Å². The first-order chi connectivity index (χ1) is 8.97. The fraction of sp³-hybridized carbons (Fsp3) is 0.727. The van der Waals surface area contributed by atoms with E-state index in [1.54, 1.807) is 6.92 Å². The second-order valence-electron chi connectivity index (χ2n) is 4.21. The van der Waals surface area contributed by atoms with Gasteiger partial charge in [0, 0.05) is 13.1 Å². The maximum Gasteiger partial charge on any atom is 0.409 e. The zero-order valence-electron chi connectivity index (χ0n) is 10.9. The largest absolute Gasteiger partial charge is 0.481 e. The number of hydrogen-bond donors (Lipinski definition) is 2. The van der Waals surface area contributed by atoms with E-state index >= 15 is 0 Å². The summed E-state index contributed by atoms with van der Waals surface area (Å²) in [6, 6.07) is -0.465. The molecular weight excluding hydrogens is 256 g/mol. The van der Waals surface area contributed by atoms with E-state index in [1.165, 1.54) is 12.0 Å². The Morgan fingerprint density at radius 2 is 2.05 bits per heavy atom. The highest BCUT2D eigenvalue weighted by atomic mass is 16.5. The first-order valence-electron chi connectivity index (χ1n) is 5.96. The molecule has 108 valence electrons. The molecule has 0 bridgehead atoms. The monoisotopic (exact) mass is 274 g/mol. The van der Waals surface area contributed by atoms with Crippen molar-refractivity contribution in [3.63, 3.8) is 0 Å². The molecule has 1 rings (SSSR count). The van der Waals surface area contributed by atoms with Gasteiger partial charge < -0.3 is 24.8 Å². The normalized spacial score (nSPS) is 22.5. The van der Waals surface area contributed by atoms with E-state index in [-0.39, 0.29) is 26.1 Å². The Kier molecular flexibility index (Phi) is 5.40. The summed E-state index contributed by atoms with van der Waals surface area (Å²) in [5.74, 6) is -1.75. The number of carbonyl (C=O) groups is 3. The van der Waals surface area contributed by atoms with Crippen LogP contribution in [0.3, 0.4) is 0 Å². The predicted molar refractivity (Wildman–Crippen MR) is 63.7 cm³/mol. The van der Waals surface area contributed by atoms with Gasteiger partial charge in [-0.25, -0.2) is 9.59 Å². The Labute approximate surface area is 110 Å². The van der Waals surface area contributed by atoms with Crippen LogP contribution < -0.4 is 5.32 Å². The highest BCUT2D eigenvalue weighted by Gasteiger charge is 2.35. The Bertz CT molecular complexity index is 359. The van der Waals surface area contributed by atoms with Crippen LogP contribution in [-0.4, -0.2) is 61.0 Å². The Morgan fingerprint density at radius 1 is 1.37 bits per heavy atom. The number of carbonyl (C=O) groups excluding carboxylic acids is 2. The lowest BCUT2D eigenvalue weighted by atomic mass is 9.94. The SMILES string of the molecule is CCOC(=O)NC1CC(C(=O)O)CN(C(=O)OC)C1. The standard InChI is InChI=1S/C11H18N2O6/c1-3-19-10(16)12-8-4-7(9(14)15)5-13(6-8)11(17)18-2/h7-8H,3-6H2,1-2H3,(H,12,16)(H,14,15). The minimum Gasteiger partial charge on any atom is -0.481 e. The van der Waals surface area contributed by atoms with Gasteiger partial charge in [-0.1, -0.05) is 0 Å². The summed E-state index contributed by atoms with van der Waals surface area (Å²) in [5.41, 5.74) is 0. The molecule has 19 heavy (non-hydrogen) atoms. The van der Waals surface area contributed by atoms with Crippen LogP contribution in [0.5, 0.6) is 0 Å². The molecule has 0 aromatic heterocycles. The van der Waals surface area contributed by atoms with Crippen molar-refractivity contribution in [1.29, 1.82) is 0 Å². The van der Waals surface area contributed by atoms with Crippen LogP contribution in [0.1, 0.15) is 13.3 Å². The number of carboxylic acid groups (broad SMARTS) is 1. The van der Waals surface area contributed by atoms with Gasteiger partial charge in [0.05, 0.1) is 25.7 Å². The Hall–Kier alpha value is -1.99. The molecule has 0 radical (unpaired) electrons. The molecule has 8 nitrogen and oxygen atoms in total. The number of alkyl carbamates (subject to hydrolysis) is 1. The fourth-order valence-corrected chi connectivity index (χ4v) is 2.00. The first-order valence-corrected chi connectivity index (χ1v) is 5.96. The highest BCUT2D eigenvalue weighted by molar-refractivity contribution is 5.74. The summed E-state index contributed by atoms with van der Waals surface area (Å²) in [4.78, 5) is 35.1. The van der Waals surface area contributed by atoms with Gasteiger partial charge in [-0.2, -0.15) is 0 Å². The van der Waals surface area contributed by atoms with Crippen molar-refractivity contribution in [2.45, 2.75) is 19.4 Å². The molecule has 1 saturated heterocycles. The summed E-state index contributed by atoms with van der Waals surface area (Å²) in [7, 11) is 1.22. The van der Waals surface area contributed by atoms with E-state index < -0.39 is 30.1 Å². The van der Waals surface area contributed by atoms with Crippen LogP contribution in [0.4, 0.5) is 9.59 Å². The fourth-order valence-electron chi connectivity index (χ4n) is 2.00. The second-order valence-corrected chi connectivity index (χ2v) is 4.21. The number of ether oxygens (including phenoxy) is 2. The van der Waals surface area contributed by atoms with E-state index in [2.05, 4.69) is 10.1 Å². The molecule has 8 heteroatoms. The molecule has 0 spiro atoms. The maximum absolute atomic E-state index is 11.5. The third-order valence-electron chi connectivity index (χ3n) is 2.83. The summed E-state index contributed by atoms with van der Waals surface area (Å²) in [6.07, 6.45) is -0.980. The van der Waals surface area contributed by atoms with Crippen LogP contribution in [0.2, 0.25) is 0 Å². The van der Waals surface area contributed by atoms with Gasteiger partial charge in [0.15, 0.2) is 0 Å². The van der Waals surface area contributed by atoms with E-state index in [1.807, 2.05) is 0 Å². The lowest BCUT2D eigenvalue weighted by Gasteiger charge is -2.35.